The van der Waals surface area contributed by atoms with E-state index in [1.165, 1.54) is 6.42 Å². The monoisotopic (exact) mass is 559 g/mol. The van der Waals surface area contributed by atoms with Crippen LogP contribution in [0.3, 0.4) is 0 Å². The Labute approximate surface area is 244 Å². The number of nitrogens with zero attached hydrogens (tertiary/aromatic N) is 4. The second kappa shape index (κ2) is 11.6. The van der Waals surface area contributed by atoms with Crippen molar-refractivity contribution in [1.29, 1.82) is 0 Å². The zero-order valence-electron chi connectivity index (χ0n) is 24.0. The molecular weight excluding hydrogens is 525 g/mol. The molecule has 1 saturated heterocycles. The number of aromatic nitrogens is 5. The lowest BCUT2D eigenvalue weighted by molar-refractivity contribution is 0.172. The smallest absolute Gasteiger partial charge is 0.159 e. The molecule has 3 N–H and O–H groups in total. The third-order valence-corrected chi connectivity index (χ3v) is 7.73. The summed E-state index contributed by atoms with van der Waals surface area (Å²) in [5.41, 5.74) is 9.44. The molecule has 42 heavy (non-hydrogen) atoms. The number of imidazole rings is 1. The van der Waals surface area contributed by atoms with Gasteiger partial charge in [-0.3, -0.25) is 15.0 Å². The highest BCUT2D eigenvalue weighted by molar-refractivity contribution is 5.98. The van der Waals surface area contributed by atoms with Crippen molar-refractivity contribution in [3.63, 3.8) is 0 Å². The molecule has 5 aromatic rings. The molecule has 212 valence electrons. The van der Waals surface area contributed by atoms with Crippen molar-refractivity contribution in [2.24, 2.45) is 0 Å². The SMILES string of the molecule is C=C/C(=C\C(=C/C)c1ccc2[nH]nc(-c3nc4c(-c5cc(F)cc(CN6CCC6)c5)cncc4[nH]3)c2c1)NC(=C)CC. The number of hydrogen-bond acceptors (Lipinski definition) is 5. The lowest BCUT2D eigenvalue weighted by Gasteiger charge is -2.30. The van der Waals surface area contributed by atoms with Crippen LogP contribution in [0.4, 0.5) is 4.39 Å². The predicted molar refractivity (Wildman–Crippen MR) is 169 cm³/mol. The molecule has 0 unspecified atom stereocenters. The summed E-state index contributed by atoms with van der Waals surface area (Å²) in [4.78, 5) is 15.1. The summed E-state index contributed by atoms with van der Waals surface area (Å²) in [6.45, 7) is 14.9. The normalized spacial score (nSPS) is 14.4. The van der Waals surface area contributed by atoms with Crippen LogP contribution in [-0.2, 0) is 6.54 Å². The molecule has 1 aliphatic heterocycles. The van der Waals surface area contributed by atoms with Crippen LogP contribution in [0.25, 0.3) is 50.2 Å². The van der Waals surface area contributed by atoms with Gasteiger partial charge in [0.25, 0.3) is 0 Å². The van der Waals surface area contributed by atoms with Crippen molar-refractivity contribution in [3.8, 4) is 22.6 Å². The molecule has 0 atom stereocenters. The highest BCUT2D eigenvalue weighted by atomic mass is 19.1. The molecule has 8 heteroatoms. The third kappa shape index (κ3) is 5.41. The molecule has 2 aromatic carbocycles. The predicted octanol–water partition coefficient (Wildman–Crippen LogP) is 7.50. The quantitative estimate of drug-likeness (QED) is 0.154. The van der Waals surface area contributed by atoms with Crippen LogP contribution >= 0.6 is 0 Å². The summed E-state index contributed by atoms with van der Waals surface area (Å²) in [7, 11) is 0. The van der Waals surface area contributed by atoms with Crippen LogP contribution in [0.15, 0.2) is 91.6 Å². The fourth-order valence-electron chi connectivity index (χ4n) is 5.27. The van der Waals surface area contributed by atoms with E-state index in [1.54, 1.807) is 30.6 Å². The van der Waals surface area contributed by atoms with E-state index in [2.05, 4.69) is 74.7 Å². The van der Waals surface area contributed by atoms with E-state index in [0.29, 0.717) is 11.5 Å². The molecule has 6 rings (SSSR count). The maximum atomic E-state index is 14.7. The minimum atomic E-state index is -0.260. The maximum absolute atomic E-state index is 14.7. The lowest BCUT2D eigenvalue weighted by atomic mass is 10.0. The number of allylic oxidation sites excluding steroid dienone is 5. The van der Waals surface area contributed by atoms with Gasteiger partial charge in [-0.05, 0) is 97.6 Å². The molecule has 0 saturated carbocycles. The first-order valence-corrected chi connectivity index (χ1v) is 14.3. The van der Waals surface area contributed by atoms with Crippen molar-refractivity contribution >= 4 is 27.5 Å². The first kappa shape index (κ1) is 27.4. The highest BCUT2D eigenvalue weighted by Gasteiger charge is 2.18. The first-order valence-electron chi connectivity index (χ1n) is 14.3. The van der Waals surface area contributed by atoms with Gasteiger partial charge >= 0.3 is 0 Å². The largest absolute Gasteiger partial charge is 0.359 e. The number of pyridine rings is 1. The summed E-state index contributed by atoms with van der Waals surface area (Å²) in [5, 5.41) is 12.0. The average Bonchev–Trinajstić information content (AvgIpc) is 3.60. The molecule has 1 fully saturated rings. The Morgan fingerprint density at radius 1 is 1.14 bits per heavy atom. The van der Waals surface area contributed by atoms with Gasteiger partial charge in [0, 0.05) is 35.1 Å². The van der Waals surface area contributed by atoms with Crippen LogP contribution in [-0.4, -0.2) is 43.1 Å². The average molecular weight is 560 g/mol. The van der Waals surface area contributed by atoms with Gasteiger partial charge in [0.1, 0.15) is 11.5 Å². The summed E-state index contributed by atoms with van der Waals surface area (Å²) in [6, 6.07) is 11.4. The number of benzene rings is 2. The van der Waals surface area contributed by atoms with E-state index >= 15 is 0 Å². The Morgan fingerprint density at radius 2 is 2.00 bits per heavy atom. The van der Waals surface area contributed by atoms with E-state index in [1.807, 2.05) is 19.1 Å². The summed E-state index contributed by atoms with van der Waals surface area (Å²) < 4.78 is 14.7. The van der Waals surface area contributed by atoms with Gasteiger partial charge in [-0.2, -0.15) is 5.10 Å². The molecule has 0 radical (unpaired) electrons. The second-order valence-electron chi connectivity index (χ2n) is 10.6. The molecule has 0 amide bonds. The zero-order chi connectivity index (χ0) is 29.2. The van der Waals surface area contributed by atoms with E-state index in [-0.39, 0.29) is 5.82 Å². The van der Waals surface area contributed by atoms with Gasteiger partial charge in [-0.1, -0.05) is 32.2 Å². The minimum Gasteiger partial charge on any atom is -0.359 e. The van der Waals surface area contributed by atoms with Gasteiger partial charge in [0.05, 0.1) is 22.7 Å². The van der Waals surface area contributed by atoms with Crippen LogP contribution in [0.1, 0.15) is 37.8 Å². The van der Waals surface area contributed by atoms with Gasteiger partial charge < -0.3 is 10.3 Å². The van der Waals surface area contributed by atoms with Crippen molar-refractivity contribution in [3.05, 3.63) is 109 Å². The number of rotatable bonds is 10. The van der Waals surface area contributed by atoms with Crippen LogP contribution in [0.2, 0.25) is 0 Å². The standard InChI is InChI=1S/C34H34FN7/c1-5-21(4)37-27(7-3)16-23(6-2)24-9-10-30-28(17-24)33(41-40-30)34-38-31-19-36-18-29(32(31)39-34)25-13-22(14-26(35)15-25)20-42-11-8-12-42/h6-7,9-10,13-19,37H,3-5,8,11-12,20H2,1-2H3,(H,38,39)(H,40,41)/b23-6+,27-16+. The van der Waals surface area contributed by atoms with Crippen molar-refractivity contribution in [2.45, 2.75) is 33.2 Å². The van der Waals surface area contributed by atoms with Gasteiger partial charge in [0.2, 0.25) is 0 Å². The van der Waals surface area contributed by atoms with Crippen LogP contribution < -0.4 is 5.32 Å². The molecule has 3 aromatic heterocycles. The second-order valence-corrected chi connectivity index (χ2v) is 10.6. The van der Waals surface area contributed by atoms with Gasteiger partial charge in [0.15, 0.2) is 5.82 Å². The van der Waals surface area contributed by atoms with Crippen LogP contribution in [0.5, 0.6) is 0 Å². The van der Waals surface area contributed by atoms with Crippen LogP contribution in [0, 0.1) is 5.82 Å². The number of nitrogens with one attached hydrogen (secondary N) is 3. The molecular formula is C34H34FN7. The van der Waals surface area contributed by atoms with Gasteiger partial charge in [-0.15, -0.1) is 0 Å². The molecule has 0 spiro atoms. The number of aromatic amines is 2. The number of H-pyrrole nitrogens is 2. The van der Waals surface area contributed by atoms with Gasteiger partial charge in [-0.25, -0.2) is 9.37 Å². The van der Waals surface area contributed by atoms with Crippen molar-refractivity contribution in [2.75, 3.05) is 13.1 Å². The van der Waals surface area contributed by atoms with E-state index in [9.17, 15) is 4.39 Å². The Bertz CT molecular complexity index is 1870. The number of hydrogen-bond donors (Lipinski definition) is 3. The fourth-order valence-corrected chi connectivity index (χ4v) is 5.27. The topological polar surface area (TPSA) is 85.5 Å². The fraction of sp³-hybridized carbons (Fsp3) is 0.206. The number of fused-ring (bicyclic) bond motifs is 2. The molecule has 0 aliphatic carbocycles. The Morgan fingerprint density at radius 3 is 2.74 bits per heavy atom. The summed E-state index contributed by atoms with van der Waals surface area (Å²) in [5.74, 6) is 0.356. The maximum Gasteiger partial charge on any atom is 0.159 e. The molecule has 4 heterocycles. The zero-order valence-corrected chi connectivity index (χ0v) is 24.0. The molecule has 0 bridgehead atoms. The molecule has 1 aliphatic rings. The number of halogens is 1. The Kier molecular flexibility index (Phi) is 7.54. The van der Waals surface area contributed by atoms with E-state index in [4.69, 9.17) is 4.98 Å². The third-order valence-electron chi connectivity index (χ3n) is 7.73. The minimum absolute atomic E-state index is 0.260. The summed E-state index contributed by atoms with van der Waals surface area (Å²) >= 11 is 0. The van der Waals surface area contributed by atoms with E-state index in [0.717, 1.165) is 87.2 Å². The Hall–Kier alpha value is -4.82. The first-order chi connectivity index (χ1) is 20.4. The molecule has 7 nitrogen and oxygen atoms in total. The Balaban J connectivity index is 1.38. The summed E-state index contributed by atoms with van der Waals surface area (Å²) in [6.07, 6.45) is 11.4. The van der Waals surface area contributed by atoms with Crippen molar-refractivity contribution in [1.82, 2.24) is 35.4 Å². The number of likely N-dealkylation sites (tertiary alicyclic amines) is 1. The van der Waals surface area contributed by atoms with E-state index < -0.39 is 0 Å². The highest BCUT2D eigenvalue weighted by Crippen LogP contribution is 2.33. The lowest BCUT2D eigenvalue weighted by Crippen LogP contribution is -2.36. The van der Waals surface area contributed by atoms with Crippen molar-refractivity contribution < 1.29 is 4.39 Å².